The van der Waals surface area contributed by atoms with Crippen LogP contribution in [-0.2, 0) is 65.4 Å². The van der Waals surface area contributed by atoms with Gasteiger partial charge in [0.2, 0.25) is 0 Å². The van der Waals surface area contributed by atoms with Crippen LogP contribution in [-0.4, -0.2) is 96.7 Å². The third-order valence-corrected chi connectivity index (χ3v) is 20.5. The summed E-state index contributed by atoms with van der Waals surface area (Å²) in [5, 5.41) is 10.7. The van der Waals surface area contributed by atoms with E-state index in [4.69, 9.17) is 37.0 Å². The lowest BCUT2D eigenvalue weighted by Crippen LogP contribution is -2.30. The molecule has 0 fully saturated rings. The number of phosphoric acid groups is 2. The summed E-state index contributed by atoms with van der Waals surface area (Å²) in [7, 11) is -9.94. The number of aliphatic hydroxyl groups is 1. The van der Waals surface area contributed by atoms with Gasteiger partial charge in [-0.25, -0.2) is 9.13 Å². The molecule has 0 heterocycles. The summed E-state index contributed by atoms with van der Waals surface area (Å²) < 4.78 is 68.8. The van der Waals surface area contributed by atoms with Crippen molar-refractivity contribution < 1.29 is 80.2 Å². The minimum Gasteiger partial charge on any atom is -0.462 e. The number of carbonyl (C=O) groups is 4. The van der Waals surface area contributed by atoms with E-state index in [-0.39, 0.29) is 25.7 Å². The molecule has 0 saturated heterocycles. The molecule has 0 aliphatic heterocycles. The van der Waals surface area contributed by atoms with E-state index in [0.29, 0.717) is 25.7 Å². The van der Waals surface area contributed by atoms with Crippen LogP contribution in [0.5, 0.6) is 0 Å². The number of phosphoric ester groups is 2. The molecular weight excluding hydrogens is 1330 g/mol. The van der Waals surface area contributed by atoms with Crippen LogP contribution in [0, 0.1) is 0 Å². The van der Waals surface area contributed by atoms with Gasteiger partial charge in [-0.3, -0.25) is 37.3 Å². The fourth-order valence-electron chi connectivity index (χ4n) is 12.1. The molecule has 102 heavy (non-hydrogen) atoms. The second-order valence-electron chi connectivity index (χ2n) is 28.8. The number of aliphatic hydroxyl groups excluding tert-OH is 1. The van der Waals surface area contributed by atoms with E-state index in [1.165, 1.54) is 199 Å². The molecule has 5 atom stereocenters. The molecular formula is C83H156O17P2. The third kappa shape index (κ3) is 75.5. The minimum absolute atomic E-state index is 0.101. The first kappa shape index (κ1) is 99.3. The van der Waals surface area contributed by atoms with Crippen LogP contribution in [0.2, 0.25) is 0 Å². The number of hydrogen-bond acceptors (Lipinski definition) is 15. The van der Waals surface area contributed by atoms with Crippen LogP contribution in [0.1, 0.15) is 413 Å². The summed E-state index contributed by atoms with van der Waals surface area (Å²) in [5.74, 6) is -2.15. The van der Waals surface area contributed by atoms with Crippen LogP contribution in [0.3, 0.4) is 0 Å². The number of esters is 4. The van der Waals surface area contributed by atoms with Gasteiger partial charge in [-0.05, 0) is 83.5 Å². The monoisotopic (exact) mass is 1490 g/mol. The maximum atomic E-state index is 13.1. The third-order valence-electron chi connectivity index (χ3n) is 18.6. The SMILES string of the molecule is CCCCC/C=C\C/C=C\CCCCCCCC(=O)OC[C@H](COP(=O)(O)OC[C@@H](O)COP(=O)(O)OC[C@@H](COC(=O)CCCCCCC/C=C\CCCCCCCC)OC(=O)CCCCCCCCCCCCCCCCC)OC(=O)CCCCCCCCCCCCCCCCCCC. The van der Waals surface area contributed by atoms with E-state index >= 15 is 0 Å². The number of unbranched alkanes of at least 4 members (excludes halogenated alkanes) is 49. The zero-order chi connectivity index (χ0) is 74.6. The van der Waals surface area contributed by atoms with E-state index < -0.39 is 97.5 Å². The predicted octanol–water partition coefficient (Wildman–Crippen LogP) is 24.7. The summed E-state index contributed by atoms with van der Waals surface area (Å²) in [6.45, 7) is 4.95. The summed E-state index contributed by atoms with van der Waals surface area (Å²) in [5.41, 5.74) is 0. The van der Waals surface area contributed by atoms with E-state index in [0.717, 1.165) is 135 Å². The maximum Gasteiger partial charge on any atom is 0.472 e. The molecule has 3 N–H and O–H groups in total. The van der Waals surface area contributed by atoms with Gasteiger partial charge >= 0.3 is 39.5 Å². The first-order valence-electron chi connectivity index (χ1n) is 42.2. The molecule has 0 aliphatic rings. The maximum absolute atomic E-state index is 13.1. The van der Waals surface area contributed by atoms with Gasteiger partial charge < -0.3 is 33.8 Å². The van der Waals surface area contributed by atoms with Gasteiger partial charge in [0.25, 0.3) is 0 Å². The lowest BCUT2D eigenvalue weighted by atomic mass is 10.0. The Bertz CT molecular complexity index is 2070. The molecule has 0 spiro atoms. The molecule has 2 unspecified atom stereocenters. The van der Waals surface area contributed by atoms with Crippen LogP contribution >= 0.6 is 15.6 Å². The molecule has 0 radical (unpaired) electrons. The minimum atomic E-state index is -4.97. The first-order valence-corrected chi connectivity index (χ1v) is 45.2. The molecule has 17 nitrogen and oxygen atoms in total. The standard InChI is InChI=1S/C83H156O17P2/c1-5-9-13-17-21-25-29-33-37-38-42-46-50-54-58-62-66-70-83(88)100-79(74-94-81(86)68-64-60-56-52-48-44-40-35-31-27-23-19-15-11-7-3)76-98-102(91,92)96-72-77(84)71-95-101(89,90)97-75-78(99-82(87)69-65-61-57-53-49-45-41-36-32-28-24-20-16-12-8-4)73-93-80(85)67-63-59-55-51-47-43-39-34-30-26-22-18-14-10-6-2/h23,27,34-35,39-40,77-79,84H,5-22,24-26,28-33,36-38,41-76H2,1-4H3,(H,89,90)(H,91,92)/b27-23-,39-34-,40-35-/t77-,78+,79+/m0/s1. The Labute approximate surface area is 624 Å². The van der Waals surface area contributed by atoms with Crippen LogP contribution in [0.4, 0.5) is 0 Å². The number of rotatable bonds is 81. The first-order chi connectivity index (χ1) is 49.7. The highest BCUT2D eigenvalue weighted by Crippen LogP contribution is 2.45. The largest absolute Gasteiger partial charge is 0.472 e. The Balaban J connectivity index is 5.32. The molecule has 0 amide bonds. The predicted molar refractivity (Wildman–Crippen MR) is 418 cm³/mol. The molecule has 0 aromatic rings. The van der Waals surface area contributed by atoms with Crippen LogP contribution in [0.25, 0.3) is 0 Å². The van der Waals surface area contributed by atoms with Crippen molar-refractivity contribution in [1.29, 1.82) is 0 Å². The van der Waals surface area contributed by atoms with Gasteiger partial charge in [0.1, 0.15) is 19.3 Å². The fraction of sp³-hybridized carbons (Fsp3) is 0.880. The summed E-state index contributed by atoms with van der Waals surface area (Å²) in [6, 6.07) is 0. The molecule has 0 aromatic heterocycles. The second kappa shape index (κ2) is 76.5. The highest BCUT2D eigenvalue weighted by atomic mass is 31.2. The van der Waals surface area contributed by atoms with E-state index in [1.54, 1.807) is 0 Å². The quantitative estimate of drug-likeness (QED) is 0.0169. The molecule has 0 rings (SSSR count). The van der Waals surface area contributed by atoms with Crippen molar-refractivity contribution >= 4 is 39.5 Å². The van der Waals surface area contributed by atoms with Gasteiger partial charge in [-0.1, -0.05) is 340 Å². The Hall–Kier alpha value is -2.72. The molecule has 0 bridgehead atoms. The number of allylic oxidation sites excluding steroid dienone is 6. The number of carbonyl (C=O) groups excluding carboxylic acids is 4. The number of hydrogen-bond donors (Lipinski definition) is 3. The average Bonchev–Trinajstić information content (AvgIpc) is 1.12. The zero-order valence-electron chi connectivity index (χ0n) is 65.8. The Kier molecular flexibility index (Phi) is 74.4. The smallest absolute Gasteiger partial charge is 0.462 e. The van der Waals surface area contributed by atoms with E-state index in [1.807, 2.05) is 0 Å². The van der Waals surface area contributed by atoms with Crippen molar-refractivity contribution in [3.8, 4) is 0 Å². The van der Waals surface area contributed by atoms with Crippen molar-refractivity contribution in [2.45, 2.75) is 431 Å². The molecule has 600 valence electrons. The fourth-order valence-corrected chi connectivity index (χ4v) is 13.7. The van der Waals surface area contributed by atoms with Crippen molar-refractivity contribution in [2.24, 2.45) is 0 Å². The molecule has 19 heteroatoms. The summed E-state index contributed by atoms with van der Waals surface area (Å²) in [6.07, 6.45) is 73.9. The zero-order valence-corrected chi connectivity index (χ0v) is 67.6. The molecule has 0 aromatic carbocycles. The molecule has 0 saturated carbocycles. The van der Waals surface area contributed by atoms with Crippen molar-refractivity contribution in [2.75, 3.05) is 39.6 Å². The molecule has 0 aliphatic carbocycles. The van der Waals surface area contributed by atoms with Gasteiger partial charge in [0.15, 0.2) is 12.2 Å². The van der Waals surface area contributed by atoms with Gasteiger partial charge in [0.05, 0.1) is 26.4 Å². The van der Waals surface area contributed by atoms with E-state index in [2.05, 4.69) is 64.2 Å². The van der Waals surface area contributed by atoms with E-state index in [9.17, 15) is 43.2 Å². The Morgan fingerprint density at radius 2 is 0.480 bits per heavy atom. The topological polar surface area (TPSA) is 237 Å². The van der Waals surface area contributed by atoms with Gasteiger partial charge in [-0.2, -0.15) is 0 Å². The van der Waals surface area contributed by atoms with Crippen LogP contribution < -0.4 is 0 Å². The summed E-state index contributed by atoms with van der Waals surface area (Å²) >= 11 is 0. The Morgan fingerprint density at radius 3 is 0.755 bits per heavy atom. The lowest BCUT2D eigenvalue weighted by Gasteiger charge is -2.21. The van der Waals surface area contributed by atoms with Crippen molar-refractivity contribution in [3.05, 3.63) is 36.5 Å². The lowest BCUT2D eigenvalue weighted by molar-refractivity contribution is -0.161. The normalized spacial score (nSPS) is 14.0. The number of ether oxygens (including phenoxy) is 4. The second-order valence-corrected chi connectivity index (χ2v) is 31.7. The van der Waals surface area contributed by atoms with Gasteiger partial charge in [-0.15, -0.1) is 0 Å². The van der Waals surface area contributed by atoms with Gasteiger partial charge in [0, 0.05) is 25.7 Å². The highest BCUT2D eigenvalue weighted by Gasteiger charge is 2.30. The van der Waals surface area contributed by atoms with Crippen molar-refractivity contribution in [3.63, 3.8) is 0 Å². The average molecular weight is 1490 g/mol. The van der Waals surface area contributed by atoms with Crippen LogP contribution in [0.15, 0.2) is 36.5 Å². The van der Waals surface area contributed by atoms with Crippen molar-refractivity contribution in [1.82, 2.24) is 0 Å². The Morgan fingerprint density at radius 1 is 0.275 bits per heavy atom. The highest BCUT2D eigenvalue weighted by molar-refractivity contribution is 7.47. The summed E-state index contributed by atoms with van der Waals surface area (Å²) in [4.78, 5) is 73.1.